The fourth-order valence-electron chi connectivity index (χ4n) is 8.14. The lowest BCUT2D eigenvalue weighted by Gasteiger charge is -2.18. The molecule has 0 aliphatic rings. The molecule has 374 valence electrons. The summed E-state index contributed by atoms with van der Waals surface area (Å²) in [6, 6.07) is 0. The second kappa shape index (κ2) is 53.2. The Morgan fingerprint density at radius 2 is 0.562 bits per heavy atom. The smallest absolute Gasteiger partial charge is 0.306 e. The maximum Gasteiger partial charge on any atom is 0.306 e. The van der Waals surface area contributed by atoms with Crippen LogP contribution in [0.15, 0.2) is 36.5 Å². The number of carbonyl (C=O) groups is 3. The summed E-state index contributed by atoms with van der Waals surface area (Å²) in [6.45, 7) is 6.62. The summed E-state index contributed by atoms with van der Waals surface area (Å²) in [6.07, 6.45) is 62.7. The highest BCUT2D eigenvalue weighted by molar-refractivity contribution is 5.71. The van der Waals surface area contributed by atoms with Crippen molar-refractivity contribution in [2.75, 3.05) is 13.2 Å². The molecule has 0 N–H and O–H groups in total. The molecule has 0 fully saturated rings. The molecule has 0 bridgehead atoms. The summed E-state index contributed by atoms with van der Waals surface area (Å²) in [7, 11) is 0. The topological polar surface area (TPSA) is 78.9 Å². The normalized spacial score (nSPS) is 12.2. The molecular weight excluding hydrogens is 793 g/mol. The first-order chi connectivity index (χ1) is 31.5. The molecule has 0 heterocycles. The van der Waals surface area contributed by atoms with Crippen molar-refractivity contribution in [2.45, 2.75) is 303 Å². The minimum atomic E-state index is -0.775. The first-order valence-electron chi connectivity index (χ1n) is 28.0. The molecule has 6 nitrogen and oxygen atoms in total. The standard InChI is InChI=1S/C58H106O6/c1-4-7-10-13-16-19-22-25-27-28-29-30-31-34-36-39-42-45-48-51-57(60)63-54-55(53-62-56(59)50-47-44-41-38-35-32-24-21-18-15-12-9-6-3)64-58(61)52-49-46-43-40-37-33-26-23-20-17-14-11-8-5-2/h16,19,22,25,32,35,55H,4-15,17-18,20-21,23-24,26-31,33-34,36-54H2,1-3H3/b19-16-,25-22-,35-32-. The summed E-state index contributed by atoms with van der Waals surface area (Å²) >= 11 is 0. The molecule has 0 aromatic rings. The first-order valence-corrected chi connectivity index (χ1v) is 28.0. The Morgan fingerprint density at radius 3 is 0.922 bits per heavy atom. The fourth-order valence-corrected chi connectivity index (χ4v) is 8.14. The lowest BCUT2D eigenvalue weighted by Crippen LogP contribution is -2.30. The van der Waals surface area contributed by atoms with Crippen LogP contribution in [0.1, 0.15) is 297 Å². The quantitative estimate of drug-likeness (QED) is 0.0199. The molecule has 0 aromatic heterocycles. The average Bonchev–Trinajstić information content (AvgIpc) is 3.29. The van der Waals surface area contributed by atoms with Crippen molar-refractivity contribution in [3.8, 4) is 0 Å². The van der Waals surface area contributed by atoms with Gasteiger partial charge in [-0.25, -0.2) is 0 Å². The summed E-state index contributed by atoms with van der Waals surface area (Å²) in [4.78, 5) is 38.1. The van der Waals surface area contributed by atoms with E-state index >= 15 is 0 Å². The second-order valence-corrected chi connectivity index (χ2v) is 18.9. The Bertz CT molecular complexity index is 1080. The van der Waals surface area contributed by atoms with E-state index in [1.807, 2.05) is 0 Å². The predicted molar refractivity (Wildman–Crippen MR) is 275 cm³/mol. The van der Waals surface area contributed by atoms with Crippen LogP contribution in [0.5, 0.6) is 0 Å². The highest BCUT2D eigenvalue weighted by Crippen LogP contribution is 2.16. The third-order valence-electron chi connectivity index (χ3n) is 12.4. The zero-order valence-corrected chi connectivity index (χ0v) is 42.8. The molecule has 0 amide bonds. The van der Waals surface area contributed by atoms with Crippen LogP contribution in [0.25, 0.3) is 0 Å². The van der Waals surface area contributed by atoms with Crippen LogP contribution < -0.4 is 0 Å². The minimum Gasteiger partial charge on any atom is -0.462 e. The van der Waals surface area contributed by atoms with Crippen molar-refractivity contribution in [1.82, 2.24) is 0 Å². The third kappa shape index (κ3) is 50.6. The van der Waals surface area contributed by atoms with Crippen LogP contribution in [-0.4, -0.2) is 37.2 Å². The number of ether oxygens (including phenoxy) is 3. The number of allylic oxidation sites excluding steroid dienone is 6. The monoisotopic (exact) mass is 899 g/mol. The van der Waals surface area contributed by atoms with Crippen LogP contribution in [0.2, 0.25) is 0 Å². The van der Waals surface area contributed by atoms with Crippen molar-refractivity contribution >= 4 is 17.9 Å². The van der Waals surface area contributed by atoms with E-state index in [1.54, 1.807) is 0 Å². The van der Waals surface area contributed by atoms with Crippen LogP contribution >= 0.6 is 0 Å². The Kier molecular flexibility index (Phi) is 51.3. The van der Waals surface area contributed by atoms with E-state index in [2.05, 4.69) is 57.2 Å². The van der Waals surface area contributed by atoms with Gasteiger partial charge in [0.25, 0.3) is 0 Å². The van der Waals surface area contributed by atoms with Crippen molar-refractivity contribution < 1.29 is 28.6 Å². The summed E-state index contributed by atoms with van der Waals surface area (Å²) in [5, 5.41) is 0. The minimum absolute atomic E-state index is 0.0753. The Morgan fingerprint density at radius 1 is 0.312 bits per heavy atom. The van der Waals surface area contributed by atoms with Crippen molar-refractivity contribution in [3.63, 3.8) is 0 Å². The molecule has 0 aromatic carbocycles. The van der Waals surface area contributed by atoms with Gasteiger partial charge in [0.15, 0.2) is 6.10 Å². The van der Waals surface area contributed by atoms with Gasteiger partial charge in [0, 0.05) is 19.3 Å². The van der Waals surface area contributed by atoms with Crippen molar-refractivity contribution in [2.24, 2.45) is 0 Å². The van der Waals surface area contributed by atoms with E-state index in [1.165, 1.54) is 186 Å². The van der Waals surface area contributed by atoms with Gasteiger partial charge >= 0.3 is 17.9 Å². The molecule has 0 aliphatic heterocycles. The highest BCUT2D eigenvalue weighted by atomic mass is 16.6. The van der Waals surface area contributed by atoms with Crippen LogP contribution in [-0.2, 0) is 28.6 Å². The van der Waals surface area contributed by atoms with Gasteiger partial charge in [0.2, 0.25) is 0 Å². The van der Waals surface area contributed by atoms with Crippen LogP contribution in [0.3, 0.4) is 0 Å². The number of hydrogen-bond donors (Lipinski definition) is 0. The Balaban J connectivity index is 4.33. The second-order valence-electron chi connectivity index (χ2n) is 18.9. The van der Waals surface area contributed by atoms with Gasteiger partial charge in [-0.05, 0) is 70.6 Å². The van der Waals surface area contributed by atoms with Crippen LogP contribution in [0, 0.1) is 0 Å². The third-order valence-corrected chi connectivity index (χ3v) is 12.4. The van der Waals surface area contributed by atoms with Crippen molar-refractivity contribution in [3.05, 3.63) is 36.5 Å². The Labute approximate surface area is 397 Å². The lowest BCUT2D eigenvalue weighted by atomic mass is 10.0. The zero-order valence-electron chi connectivity index (χ0n) is 42.8. The van der Waals surface area contributed by atoms with E-state index < -0.39 is 6.10 Å². The van der Waals surface area contributed by atoms with Gasteiger partial charge in [-0.3, -0.25) is 14.4 Å². The zero-order chi connectivity index (χ0) is 46.5. The molecule has 0 saturated carbocycles. The van der Waals surface area contributed by atoms with Gasteiger partial charge in [0.05, 0.1) is 0 Å². The number of rotatable bonds is 51. The van der Waals surface area contributed by atoms with E-state index in [9.17, 15) is 14.4 Å². The van der Waals surface area contributed by atoms with Gasteiger partial charge < -0.3 is 14.2 Å². The molecule has 0 saturated heterocycles. The van der Waals surface area contributed by atoms with E-state index in [0.717, 1.165) is 70.6 Å². The van der Waals surface area contributed by atoms with Gasteiger partial charge in [-0.1, -0.05) is 243 Å². The van der Waals surface area contributed by atoms with Crippen LogP contribution in [0.4, 0.5) is 0 Å². The molecule has 0 spiro atoms. The van der Waals surface area contributed by atoms with Crippen molar-refractivity contribution in [1.29, 1.82) is 0 Å². The molecule has 0 aliphatic carbocycles. The summed E-state index contributed by atoms with van der Waals surface area (Å²) < 4.78 is 16.8. The Hall–Kier alpha value is -2.37. The maximum absolute atomic E-state index is 12.8. The van der Waals surface area contributed by atoms with Gasteiger partial charge in [-0.15, -0.1) is 0 Å². The van der Waals surface area contributed by atoms with E-state index in [-0.39, 0.29) is 31.1 Å². The molecule has 6 heteroatoms. The molecule has 1 unspecified atom stereocenters. The molecular formula is C58H106O6. The van der Waals surface area contributed by atoms with Gasteiger partial charge in [-0.2, -0.15) is 0 Å². The lowest BCUT2D eigenvalue weighted by molar-refractivity contribution is -0.167. The number of esters is 3. The van der Waals surface area contributed by atoms with E-state index in [0.29, 0.717) is 19.3 Å². The fraction of sp³-hybridized carbons (Fsp3) is 0.845. The number of hydrogen-bond acceptors (Lipinski definition) is 6. The molecule has 0 radical (unpaired) electrons. The highest BCUT2D eigenvalue weighted by Gasteiger charge is 2.19. The molecule has 64 heavy (non-hydrogen) atoms. The van der Waals surface area contributed by atoms with E-state index in [4.69, 9.17) is 14.2 Å². The maximum atomic E-state index is 12.8. The van der Waals surface area contributed by atoms with Gasteiger partial charge in [0.1, 0.15) is 13.2 Å². The first kappa shape index (κ1) is 61.6. The average molecular weight is 899 g/mol. The number of unbranched alkanes of at least 4 members (excludes halogenated alkanes) is 35. The number of carbonyl (C=O) groups excluding carboxylic acids is 3. The predicted octanol–water partition coefficient (Wildman–Crippen LogP) is 18.5. The molecule has 1 atom stereocenters. The SMILES string of the molecule is CCCCC/C=C\C=C/CCCCCCCCCCCCC(=O)OCC(COC(=O)CCCCC/C=C\CCCCCCCC)OC(=O)CCCCCCCCCCCCCCCC. The largest absolute Gasteiger partial charge is 0.462 e. The summed E-state index contributed by atoms with van der Waals surface area (Å²) in [5.74, 6) is -0.880. The molecule has 0 rings (SSSR count). The summed E-state index contributed by atoms with van der Waals surface area (Å²) in [5.41, 5.74) is 0.